The van der Waals surface area contributed by atoms with Gasteiger partial charge in [0.05, 0.1) is 0 Å². The van der Waals surface area contributed by atoms with Crippen LogP contribution in [-0.2, 0) is 0 Å². The van der Waals surface area contributed by atoms with E-state index >= 15 is 0 Å². The van der Waals surface area contributed by atoms with Crippen LogP contribution in [0.4, 0.5) is 0 Å². The highest BCUT2D eigenvalue weighted by Gasteiger charge is 2.47. The first-order valence-corrected chi connectivity index (χ1v) is 5.57. The SMILES string of the molecule is CC#CN1CC2(CCN(C(C)C)C2)C1. The first-order valence-electron chi connectivity index (χ1n) is 5.57. The lowest BCUT2D eigenvalue weighted by atomic mass is 9.79. The molecule has 0 unspecified atom stereocenters. The van der Waals surface area contributed by atoms with Crippen LogP contribution in [0.25, 0.3) is 0 Å². The molecular formula is C12H20N2. The number of rotatable bonds is 1. The fourth-order valence-electron chi connectivity index (χ4n) is 2.67. The zero-order valence-electron chi connectivity index (χ0n) is 9.51. The third kappa shape index (κ3) is 1.62. The number of likely N-dealkylation sites (tertiary alicyclic amines) is 2. The summed E-state index contributed by atoms with van der Waals surface area (Å²) in [6.07, 6.45) is 1.37. The third-order valence-corrected chi connectivity index (χ3v) is 3.52. The Kier molecular flexibility index (Phi) is 2.45. The van der Waals surface area contributed by atoms with Gasteiger partial charge in [-0.2, -0.15) is 0 Å². The van der Waals surface area contributed by atoms with Gasteiger partial charge in [0, 0.05) is 37.1 Å². The predicted octanol–water partition coefficient (Wildman–Crippen LogP) is 1.38. The molecule has 0 aromatic carbocycles. The first-order chi connectivity index (χ1) is 6.65. The molecule has 0 aliphatic carbocycles. The topological polar surface area (TPSA) is 6.48 Å². The maximum Gasteiger partial charge on any atom is 0.0347 e. The molecule has 0 bridgehead atoms. The summed E-state index contributed by atoms with van der Waals surface area (Å²) < 4.78 is 0. The molecule has 2 rings (SSSR count). The molecule has 2 nitrogen and oxygen atoms in total. The van der Waals surface area contributed by atoms with Gasteiger partial charge >= 0.3 is 0 Å². The highest BCUT2D eigenvalue weighted by atomic mass is 15.3. The highest BCUT2D eigenvalue weighted by molar-refractivity contribution is 5.09. The average molecular weight is 192 g/mol. The minimum atomic E-state index is 0.591. The summed E-state index contributed by atoms with van der Waals surface area (Å²) in [5, 5.41) is 0. The second kappa shape index (κ2) is 3.47. The van der Waals surface area contributed by atoms with E-state index in [0.29, 0.717) is 11.5 Å². The van der Waals surface area contributed by atoms with Crippen LogP contribution in [-0.4, -0.2) is 42.0 Å². The van der Waals surface area contributed by atoms with E-state index in [1.165, 1.54) is 32.6 Å². The Labute approximate surface area is 87.3 Å². The van der Waals surface area contributed by atoms with Gasteiger partial charge in [-0.1, -0.05) is 5.92 Å². The van der Waals surface area contributed by atoms with Crippen LogP contribution in [0.5, 0.6) is 0 Å². The van der Waals surface area contributed by atoms with Crippen molar-refractivity contribution < 1.29 is 0 Å². The third-order valence-electron chi connectivity index (χ3n) is 3.52. The summed E-state index contributed by atoms with van der Waals surface area (Å²) in [5.41, 5.74) is 0.591. The molecule has 0 atom stereocenters. The molecule has 0 aromatic rings. The maximum atomic E-state index is 3.14. The lowest BCUT2D eigenvalue weighted by Gasteiger charge is -2.46. The molecule has 0 aromatic heterocycles. The Bertz CT molecular complexity index is 266. The van der Waals surface area contributed by atoms with Gasteiger partial charge in [-0.25, -0.2) is 0 Å². The van der Waals surface area contributed by atoms with Gasteiger partial charge in [-0.05, 0) is 33.7 Å². The van der Waals surface area contributed by atoms with Crippen LogP contribution >= 0.6 is 0 Å². The van der Waals surface area contributed by atoms with Crippen molar-refractivity contribution in [2.75, 3.05) is 26.2 Å². The Morgan fingerprint density at radius 1 is 1.21 bits per heavy atom. The lowest BCUT2D eigenvalue weighted by Crippen LogP contribution is -2.55. The van der Waals surface area contributed by atoms with E-state index in [-0.39, 0.29) is 0 Å². The molecule has 1 spiro atoms. The molecule has 2 aliphatic rings. The van der Waals surface area contributed by atoms with E-state index in [2.05, 4.69) is 35.6 Å². The predicted molar refractivity (Wildman–Crippen MR) is 58.8 cm³/mol. The molecule has 2 aliphatic heterocycles. The van der Waals surface area contributed by atoms with Gasteiger partial charge in [0.25, 0.3) is 0 Å². The monoisotopic (exact) mass is 192 g/mol. The van der Waals surface area contributed by atoms with Crippen molar-refractivity contribution in [2.24, 2.45) is 5.41 Å². The molecule has 0 saturated carbocycles. The Morgan fingerprint density at radius 3 is 2.43 bits per heavy atom. The quantitative estimate of drug-likeness (QED) is 0.579. The number of nitrogens with zero attached hydrogens (tertiary/aromatic N) is 2. The minimum absolute atomic E-state index is 0.591. The largest absolute Gasteiger partial charge is 0.331 e. The summed E-state index contributed by atoms with van der Waals surface area (Å²) in [4.78, 5) is 4.85. The fraction of sp³-hybridized carbons (Fsp3) is 0.833. The molecule has 78 valence electrons. The van der Waals surface area contributed by atoms with Crippen molar-refractivity contribution in [1.82, 2.24) is 9.80 Å². The zero-order chi connectivity index (χ0) is 10.2. The molecule has 0 N–H and O–H groups in total. The van der Waals surface area contributed by atoms with Crippen molar-refractivity contribution in [3.63, 3.8) is 0 Å². The smallest absolute Gasteiger partial charge is 0.0347 e. The van der Waals surface area contributed by atoms with Gasteiger partial charge in [0.2, 0.25) is 0 Å². The minimum Gasteiger partial charge on any atom is -0.331 e. The molecule has 14 heavy (non-hydrogen) atoms. The van der Waals surface area contributed by atoms with Crippen LogP contribution in [0, 0.1) is 17.4 Å². The second-order valence-corrected chi connectivity index (χ2v) is 5.03. The zero-order valence-corrected chi connectivity index (χ0v) is 9.51. The van der Waals surface area contributed by atoms with E-state index in [1.54, 1.807) is 0 Å². The summed E-state index contributed by atoms with van der Waals surface area (Å²) >= 11 is 0. The van der Waals surface area contributed by atoms with Crippen molar-refractivity contribution in [3.8, 4) is 12.0 Å². The Hall–Kier alpha value is -0.680. The van der Waals surface area contributed by atoms with Crippen LogP contribution in [0.3, 0.4) is 0 Å². The van der Waals surface area contributed by atoms with E-state index in [4.69, 9.17) is 0 Å². The summed E-state index contributed by atoms with van der Waals surface area (Å²) in [5.74, 6) is 2.97. The summed E-state index contributed by atoms with van der Waals surface area (Å²) in [6, 6.07) is 3.85. The van der Waals surface area contributed by atoms with E-state index < -0.39 is 0 Å². The van der Waals surface area contributed by atoms with Crippen molar-refractivity contribution in [3.05, 3.63) is 0 Å². The van der Waals surface area contributed by atoms with E-state index in [9.17, 15) is 0 Å². The maximum absolute atomic E-state index is 3.14. The number of hydrogen-bond acceptors (Lipinski definition) is 2. The number of hydrogen-bond donors (Lipinski definition) is 0. The van der Waals surface area contributed by atoms with Gasteiger partial charge < -0.3 is 9.80 Å². The van der Waals surface area contributed by atoms with Crippen LogP contribution in [0.15, 0.2) is 0 Å². The molecule has 0 radical (unpaired) electrons. The van der Waals surface area contributed by atoms with Crippen LogP contribution < -0.4 is 0 Å². The lowest BCUT2D eigenvalue weighted by molar-refractivity contribution is 0.0541. The first kappa shape index (κ1) is 9.86. The van der Waals surface area contributed by atoms with Gasteiger partial charge in [0.1, 0.15) is 0 Å². The summed E-state index contributed by atoms with van der Waals surface area (Å²) in [6.45, 7) is 11.5. The van der Waals surface area contributed by atoms with Crippen molar-refractivity contribution in [2.45, 2.75) is 33.2 Å². The van der Waals surface area contributed by atoms with E-state index in [0.717, 1.165) is 0 Å². The average Bonchev–Trinajstić information content (AvgIpc) is 2.48. The second-order valence-electron chi connectivity index (χ2n) is 5.03. The van der Waals surface area contributed by atoms with Crippen LogP contribution in [0.2, 0.25) is 0 Å². The highest BCUT2D eigenvalue weighted by Crippen LogP contribution is 2.39. The van der Waals surface area contributed by atoms with Crippen molar-refractivity contribution >= 4 is 0 Å². The fourth-order valence-corrected chi connectivity index (χ4v) is 2.67. The molecule has 0 amide bonds. The molecule has 2 saturated heterocycles. The van der Waals surface area contributed by atoms with Gasteiger partial charge in [-0.3, -0.25) is 0 Å². The molecule has 2 heterocycles. The molecular weight excluding hydrogens is 172 g/mol. The molecule has 2 heteroatoms. The van der Waals surface area contributed by atoms with Crippen molar-refractivity contribution in [1.29, 1.82) is 0 Å². The van der Waals surface area contributed by atoms with Crippen LogP contribution in [0.1, 0.15) is 27.2 Å². The standard InChI is InChI=1S/C12H20N2/c1-4-6-13-8-12(9-13)5-7-14(10-12)11(2)3/h11H,5,7-10H2,1-3H3. The molecule has 2 fully saturated rings. The normalized spacial score (nSPS) is 25.0. The summed E-state index contributed by atoms with van der Waals surface area (Å²) in [7, 11) is 0. The Morgan fingerprint density at radius 2 is 1.93 bits per heavy atom. The Balaban J connectivity index is 1.87. The van der Waals surface area contributed by atoms with Gasteiger partial charge in [0.15, 0.2) is 0 Å². The van der Waals surface area contributed by atoms with Gasteiger partial charge in [-0.15, -0.1) is 0 Å². The van der Waals surface area contributed by atoms with E-state index in [1.807, 2.05) is 6.92 Å².